The van der Waals surface area contributed by atoms with E-state index in [1.807, 2.05) is 0 Å². The van der Waals surface area contributed by atoms with Crippen molar-refractivity contribution in [1.82, 2.24) is 4.98 Å². The van der Waals surface area contributed by atoms with Gasteiger partial charge in [-0.25, -0.2) is 4.98 Å². The predicted molar refractivity (Wildman–Crippen MR) is 56.3 cm³/mol. The highest BCUT2D eigenvalue weighted by molar-refractivity contribution is 8.03. The van der Waals surface area contributed by atoms with Crippen LogP contribution in [0.25, 0.3) is 0 Å². The van der Waals surface area contributed by atoms with Crippen LogP contribution in [0.1, 0.15) is 13.8 Å². The molecule has 82 valence electrons. The highest BCUT2D eigenvalue weighted by Crippen LogP contribution is 2.37. The Balaban J connectivity index is 2.82. The first-order valence-corrected chi connectivity index (χ1v) is 5.49. The molecule has 15 heavy (non-hydrogen) atoms. The molecule has 0 aliphatic carbocycles. The minimum Gasteiger partial charge on any atom is -0.480 e. The van der Waals surface area contributed by atoms with Crippen molar-refractivity contribution in [3.05, 3.63) is 16.3 Å². The van der Waals surface area contributed by atoms with Crippen molar-refractivity contribution in [2.75, 3.05) is 0 Å². The van der Waals surface area contributed by atoms with Crippen LogP contribution in [0, 0.1) is 10.1 Å². The van der Waals surface area contributed by atoms with Crippen LogP contribution >= 0.6 is 23.1 Å². The van der Waals surface area contributed by atoms with E-state index < -0.39 is 15.6 Å². The molecule has 1 heterocycles. The average Bonchev–Trinajstić information content (AvgIpc) is 2.51. The Hall–Kier alpha value is -1.15. The zero-order valence-corrected chi connectivity index (χ0v) is 9.59. The van der Waals surface area contributed by atoms with E-state index in [-0.39, 0.29) is 5.00 Å². The number of thioether (sulfide) groups is 1. The maximum absolute atomic E-state index is 10.8. The summed E-state index contributed by atoms with van der Waals surface area (Å²) in [6.45, 7) is 3.04. The minimum absolute atomic E-state index is 0.0845. The fourth-order valence-electron chi connectivity index (χ4n) is 0.644. The van der Waals surface area contributed by atoms with Crippen LogP contribution in [0.4, 0.5) is 5.00 Å². The summed E-state index contributed by atoms with van der Waals surface area (Å²) in [5.41, 5.74) is 0. The van der Waals surface area contributed by atoms with Crippen molar-refractivity contribution in [3.63, 3.8) is 0 Å². The Morgan fingerprint density at radius 1 is 1.73 bits per heavy atom. The molecule has 0 bridgehead atoms. The number of thiazole rings is 1. The average molecular weight is 248 g/mol. The second kappa shape index (κ2) is 4.15. The van der Waals surface area contributed by atoms with Gasteiger partial charge in [0.25, 0.3) is 0 Å². The number of aromatic nitrogens is 1. The topological polar surface area (TPSA) is 93.3 Å². The van der Waals surface area contributed by atoms with Gasteiger partial charge in [0.1, 0.15) is 10.9 Å². The Morgan fingerprint density at radius 3 is 2.73 bits per heavy atom. The van der Waals surface area contributed by atoms with Gasteiger partial charge in [0.2, 0.25) is 0 Å². The maximum Gasteiger partial charge on any atom is 0.344 e. The van der Waals surface area contributed by atoms with Crippen LogP contribution in [-0.2, 0) is 4.79 Å². The van der Waals surface area contributed by atoms with Gasteiger partial charge in [0, 0.05) is 0 Å². The van der Waals surface area contributed by atoms with Crippen LogP contribution in [0.15, 0.2) is 10.5 Å². The van der Waals surface area contributed by atoms with E-state index in [2.05, 4.69) is 4.98 Å². The lowest BCUT2D eigenvalue weighted by molar-refractivity contribution is -0.380. The molecule has 1 N–H and O–H groups in total. The van der Waals surface area contributed by atoms with E-state index >= 15 is 0 Å². The van der Waals surface area contributed by atoms with Gasteiger partial charge in [-0.1, -0.05) is 11.8 Å². The van der Waals surface area contributed by atoms with E-state index in [1.54, 1.807) is 0 Å². The standard InChI is InChI=1S/C7H8N2O4S2/c1-7(2,5(10)11)15-6-8-3-4(14-6)9(12)13/h3H,1-2H3,(H,10,11). The highest BCUT2D eigenvalue weighted by Gasteiger charge is 2.30. The number of hydrogen-bond donors (Lipinski definition) is 1. The SMILES string of the molecule is CC(C)(Sc1ncc([N+](=O)[O-])s1)C(=O)O. The normalized spacial score (nSPS) is 11.3. The van der Waals surface area contributed by atoms with Crippen molar-refractivity contribution in [2.45, 2.75) is 22.9 Å². The third-order valence-corrected chi connectivity index (χ3v) is 3.72. The summed E-state index contributed by atoms with van der Waals surface area (Å²) in [6.07, 6.45) is 1.13. The number of nitrogens with zero attached hydrogens (tertiary/aromatic N) is 2. The van der Waals surface area contributed by atoms with Crippen molar-refractivity contribution < 1.29 is 14.8 Å². The second-order valence-electron chi connectivity index (χ2n) is 3.14. The molecule has 6 nitrogen and oxygen atoms in total. The van der Waals surface area contributed by atoms with E-state index in [1.165, 1.54) is 13.8 Å². The predicted octanol–water partition coefficient (Wildman–Crippen LogP) is 2.01. The molecule has 0 saturated heterocycles. The summed E-state index contributed by atoms with van der Waals surface area (Å²) in [5.74, 6) is -0.981. The van der Waals surface area contributed by atoms with Crippen LogP contribution < -0.4 is 0 Å². The van der Waals surface area contributed by atoms with Gasteiger partial charge in [-0.2, -0.15) is 0 Å². The molecule has 0 atom stereocenters. The van der Waals surface area contributed by atoms with Gasteiger partial charge in [0.15, 0.2) is 4.34 Å². The van der Waals surface area contributed by atoms with E-state index in [0.29, 0.717) is 4.34 Å². The molecule has 0 aliphatic rings. The number of aliphatic carboxylic acids is 1. The molecule has 0 fully saturated rings. The third-order valence-electron chi connectivity index (χ3n) is 1.51. The van der Waals surface area contributed by atoms with Crippen molar-refractivity contribution in [1.29, 1.82) is 0 Å². The van der Waals surface area contributed by atoms with E-state index in [4.69, 9.17) is 5.11 Å². The molecule has 0 radical (unpaired) electrons. The number of hydrogen-bond acceptors (Lipinski definition) is 6. The molecule has 1 rings (SSSR count). The van der Waals surface area contributed by atoms with Crippen LogP contribution in [0.2, 0.25) is 0 Å². The molecule has 0 saturated carbocycles. The number of nitro groups is 1. The molecule has 0 aliphatic heterocycles. The molecule has 8 heteroatoms. The van der Waals surface area contributed by atoms with Crippen LogP contribution in [0.3, 0.4) is 0 Å². The first kappa shape index (κ1) is 11.9. The summed E-state index contributed by atoms with van der Waals surface area (Å²) in [7, 11) is 0. The van der Waals surface area contributed by atoms with Crippen molar-refractivity contribution in [3.8, 4) is 0 Å². The monoisotopic (exact) mass is 248 g/mol. The smallest absolute Gasteiger partial charge is 0.344 e. The van der Waals surface area contributed by atoms with Crippen LogP contribution in [0.5, 0.6) is 0 Å². The van der Waals surface area contributed by atoms with Gasteiger partial charge in [-0.3, -0.25) is 14.9 Å². The Labute approximate surface area is 93.5 Å². The molecule has 0 aromatic carbocycles. The van der Waals surface area contributed by atoms with E-state index in [9.17, 15) is 14.9 Å². The lowest BCUT2D eigenvalue weighted by atomic mass is 10.2. The zero-order valence-electron chi connectivity index (χ0n) is 7.96. The van der Waals surface area contributed by atoms with Gasteiger partial charge < -0.3 is 5.11 Å². The molecule has 0 unspecified atom stereocenters. The molecule has 1 aromatic heterocycles. The number of carboxylic acids is 1. The summed E-state index contributed by atoms with van der Waals surface area (Å²) in [4.78, 5) is 24.4. The zero-order chi connectivity index (χ0) is 11.6. The van der Waals surface area contributed by atoms with Gasteiger partial charge in [0.05, 0.1) is 4.92 Å². The summed E-state index contributed by atoms with van der Waals surface area (Å²) < 4.78 is -0.653. The lowest BCUT2D eigenvalue weighted by Gasteiger charge is -2.15. The molecular weight excluding hydrogens is 240 g/mol. The Bertz CT molecular complexity index is 401. The Morgan fingerprint density at radius 2 is 2.33 bits per heavy atom. The molecule has 0 spiro atoms. The first-order valence-electron chi connectivity index (χ1n) is 3.85. The van der Waals surface area contributed by atoms with Gasteiger partial charge >= 0.3 is 11.0 Å². The molecule has 0 amide bonds. The van der Waals surface area contributed by atoms with Crippen molar-refractivity contribution >= 4 is 34.1 Å². The van der Waals surface area contributed by atoms with Gasteiger partial charge in [-0.05, 0) is 25.2 Å². The fraction of sp³-hybridized carbons (Fsp3) is 0.429. The largest absolute Gasteiger partial charge is 0.480 e. The summed E-state index contributed by atoms with van der Waals surface area (Å²) >= 11 is 1.87. The maximum atomic E-state index is 10.8. The molecular formula is C7H8N2O4S2. The number of rotatable bonds is 4. The van der Waals surface area contributed by atoms with E-state index in [0.717, 1.165) is 29.3 Å². The first-order chi connectivity index (χ1) is 6.83. The lowest BCUT2D eigenvalue weighted by Crippen LogP contribution is -2.26. The number of carbonyl (C=O) groups is 1. The number of carboxylic acid groups (broad SMARTS) is 1. The summed E-state index contributed by atoms with van der Waals surface area (Å²) in [6, 6.07) is 0. The third kappa shape index (κ3) is 2.90. The van der Waals surface area contributed by atoms with Crippen molar-refractivity contribution in [2.24, 2.45) is 0 Å². The van der Waals surface area contributed by atoms with Gasteiger partial charge in [-0.15, -0.1) is 0 Å². The Kier molecular flexibility index (Phi) is 3.30. The molecule has 1 aromatic rings. The highest BCUT2D eigenvalue weighted by atomic mass is 32.2. The van der Waals surface area contributed by atoms with Crippen LogP contribution in [-0.4, -0.2) is 25.7 Å². The quantitative estimate of drug-likeness (QED) is 0.497. The fourth-order valence-corrected chi connectivity index (χ4v) is 2.78. The second-order valence-corrected chi connectivity index (χ2v) is 6.02. The minimum atomic E-state index is -1.04. The summed E-state index contributed by atoms with van der Waals surface area (Å²) in [5, 5.41) is 19.1.